The number of nitrogens with one attached hydrogen (secondary N) is 1. The lowest BCUT2D eigenvalue weighted by Crippen LogP contribution is -2.47. The number of nitrogens with zero attached hydrogens (tertiary/aromatic N) is 4. The molecule has 1 aromatic rings. The summed E-state index contributed by atoms with van der Waals surface area (Å²) >= 11 is 0. The number of hydrogen-bond donors (Lipinski definition) is 1. The van der Waals surface area contributed by atoms with Crippen molar-refractivity contribution in [2.45, 2.75) is 38.1 Å². The van der Waals surface area contributed by atoms with Gasteiger partial charge in [-0.25, -0.2) is 0 Å². The van der Waals surface area contributed by atoms with E-state index in [4.69, 9.17) is 9.47 Å². The number of anilines is 1. The fourth-order valence-corrected chi connectivity index (χ4v) is 2.87. The largest absolute Gasteiger partial charge is 0.467 e. The Morgan fingerprint density at radius 3 is 2.13 bits per heavy atom. The van der Waals surface area contributed by atoms with E-state index >= 15 is 0 Å². The summed E-state index contributed by atoms with van der Waals surface area (Å²) in [4.78, 5) is 26.6. The quantitative estimate of drug-likeness (QED) is 0.857. The highest BCUT2D eigenvalue weighted by atomic mass is 16.5. The van der Waals surface area contributed by atoms with Gasteiger partial charge in [0.25, 0.3) is 0 Å². The van der Waals surface area contributed by atoms with E-state index in [0.29, 0.717) is 5.95 Å². The highest BCUT2D eigenvalue weighted by Gasteiger charge is 2.29. The van der Waals surface area contributed by atoms with Crippen molar-refractivity contribution in [1.82, 2.24) is 20.3 Å². The molecule has 0 unspecified atom stereocenters. The van der Waals surface area contributed by atoms with Crippen LogP contribution in [0.1, 0.15) is 32.1 Å². The number of ether oxygens (including phenoxy) is 2. The van der Waals surface area contributed by atoms with Gasteiger partial charge >= 0.3 is 12.0 Å². The van der Waals surface area contributed by atoms with Crippen LogP contribution < -0.4 is 19.7 Å². The summed E-state index contributed by atoms with van der Waals surface area (Å²) in [5, 5.41) is 3.17. The van der Waals surface area contributed by atoms with E-state index in [1.165, 1.54) is 20.6 Å². The van der Waals surface area contributed by atoms with E-state index in [1.807, 2.05) is 0 Å². The van der Waals surface area contributed by atoms with Gasteiger partial charge in [-0.1, -0.05) is 6.42 Å². The van der Waals surface area contributed by atoms with Crippen LogP contribution in [0.2, 0.25) is 0 Å². The number of hydrogen-bond acceptors (Lipinski definition) is 7. The fourth-order valence-electron chi connectivity index (χ4n) is 2.87. The van der Waals surface area contributed by atoms with Gasteiger partial charge in [-0.2, -0.15) is 9.97 Å². The maximum absolute atomic E-state index is 12.0. The zero-order chi connectivity index (χ0) is 16.2. The van der Waals surface area contributed by atoms with E-state index < -0.39 is 0 Å². The van der Waals surface area contributed by atoms with Crippen molar-refractivity contribution in [2.75, 3.05) is 32.2 Å². The maximum atomic E-state index is 12.0. The molecule has 0 radical (unpaired) electrons. The standard InChI is InChI=1S/C15H23N5O3/c1-22-14-17-13(18-15(19-14)23-2)20-8-6-11(7-9-20)16-12(21)10-4-3-5-10/h10-11H,3-9H2,1-2H3,(H,16,21). The third-order valence-electron chi connectivity index (χ3n) is 4.55. The van der Waals surface area contributed by atoms with Crippen LogP contribution >= 0.6 is 0 Å². The van der Waals surface area contributed by atoms with Gasteiger partial charge in [-0.3, -0.25) is 4.79 Å². The van der Waals surface area contributed by atoms with Crippen molar-refractivity contribution in [3.8, 4) is 12.0 Å². The number of aromatic nitrogens is 3. The van der Waals surface area contributed by atoms with Gasteiger partial charge in [0, 0.05) is 25.0 Å². The summed E-state index contributed by atoms with van der Waals surface area (Å²) in [5.74, 6) is 1.01. The van der Waals surface area contributed by atoms with Crippen LogP contribution in [0.5, 0.6) is 12.0 Å². The Bertz CT molecular complexity index is 534. The smallest absolute Gasteiger partial charge is 0.324 e. The number of carbonyl (C=O) groups excluding carboxylic acids is 1. The fraction of sp³-hybridized carbons (Fsp3) is 0.733. The Balaban J connectivity index is 1.57. The first kappa shape index (κ1) is 15.8. The van der Waals surface area contributed by atoms with Crippen molar-refractivity contribution in [3.05, 3.63) is 0 Å². The van der Waals surface area contributed by atoms with E-state index in [1.54, 1.807) is 0 Å². The minimum atomic E-state index is 0.221. The van der Waals surface area contributed by atoms with Gasteiger partial charge in [-0.05, 0) is 25.7 Å². The summed E-state index contributed by atoms with van der Waals surface area (Å²) in [6, 6.07) is 0.726. The number of rotatable bonds is 5. The molecule has 0 aromatic carbocycles. The number of methoxy groups -OCH3 is 2. The maximum Gasteiger partial charge on any atom is 0.324 e. The molecule has 2 aliphatic rings. The molecule has 0 bridgehead atoms. The first-order valence-electron chi connectivity index (χ1n) is 8.09. The summed E-state index contributed by atoms with van der Waals surface area (Å²) in [6.45, 7) is 1.57. The first-order chi connectivity index (χ1) is 11.2. The summed E-state index contributed by atoms with van der Waals surface area (Å²) in [6.07, 6.45) is 5.02. The second-order valence-corrected chi connectivity index (χ2v) is 6.01. The van der Waals surface area contributed by atoms with Crippen LogP contribution in [0, 0.1) is 5.92 Å². The molecular weight excluding hydrogens is 298 g/mol. The molecular formula is C15H23N5O3. The van der Waals surface area contributed by atoms with Gasteiger partial charge in [0.05, 0.1) is 14.2 Å². The minimum Gasteiger partial charge on any atom is -0.467 e. The molecule has 1 saturated carbocycles. The molecule has 1 saturated heterocycles. The van der Waals surface area contributed by atoms with E-state index in [0.717, 1.165) is 38.8 Å². The number of amides is 1. The van der Waals surface area contributed by atoms with Crippen molar-refractivity contribution in [2.24, 2.45) is 5.92 Å². The lowest BCUT2D eigenvalue weighted by Gasteiger charge is -2.34. The molecule has 126 valence electrons. The molecule has 1 aromatic heterocycles. The second-order valence-electron chi connectivity index (χ2n) is 6.01. The van der Waals surface area contributed by atoms with Crippen molar-refractivity contribution in [3.63, 3.8) is 0 Å². The highest BCUT2D eigenvalue weighted by Crippen LogP contribution is 2.27. The summed E-state index contributed by atoms with van der Waals surface area (Å²) < 4.78 is 10.2. The molecule has 0 atom stereocenters. The van der Waals surface area contributed by atoms with Gasteiger partial charge in [0.15, 0.2) is 0 Å². The monoisotopic (exact) mass is 321 g/mol. The predicted molar refractivity (Wildman–Crippen MR) is 83.6 cm³/mol. The van der Waals surface area contributed by atoms with Crippen LogP contribution in [-0.4, -0.2) is 54.2 Å². The SMILES string of the molecule is COc1nc(OC)nc(N2CCC(NC(=O)C3CCC3)CC2)n1. The molecule has 8 nitrogen and oxygen atoms in total. The normalized spacial score (nSPS) is 19.1. The van der Waals surface area contributed by atoms with Gasteiger partial charge < -0.3 is 19.7 Å². The molecule has 1 amide bonds. The third-order valence-corrected chi connectivity index (χ3v) is 4.55. The molecule has 2 heterocycles. The molecule has 1 N–H and O–H groups in total. The van der Waals surface area contributed by atoms with Crippen molar-refractivity contribution >= 4 is 11.9 Å². The van der Waals surface area contributed by atoms with E-state index in [2.05, 4.69) is 25.2 Å². The average molecular weight is 321 g/mol. The Labute approximate surface area is 135 Å². The highest BCUT2D eigenvalue weighted by molar-refractivity contribution is 5.79. The van der Waals surface area contributed by atoms with Crippen molar-refractivity contribution in [1.29, 1.82) is 0 Å². The Kier molecular flexibility index (Phi) is 4.78. The van der Waals surface area contributed by atoms with E-state index in [9.17, 15) is 4.79 Å². The number of piperidine rings is 1. The Morgan fingerprint density at radius 1 is 1.04 bits per heavy atom. The van der Waals surface area contributed by atoms with Crippen molar-refractivity contribution < 1.29 is 14.3 Å². The van der Waals surface area contributed by atoms with Gasteiger partial charge in [0.2, 0.25) is 11.9 Å². The van der Waals surface area contributed by atoms with Crippen LogP contribution in [0.15, 0.2) is 0 Å². The lowest BCUT2D eigenvalue weighted by atomic mass is 9.84. The third kappa shape index (κ3) is 3.62. The summed E-state index contributed by atoms with van der Waals surface area (Å²) in [5.41, 5.74) is 0. The summed E-state index contributed by atoms with van der Waals surface area (Å²) in [7, 11) is 3.03. The van der Waals surface area contributed by atoms with Crippen LogP contribution in [0.4, 0.5) is 5.95 Å². The molecule has 1 aliphatic carbocycles. The zero-order valence-corrected chi connectivity index (χ0v) is 13.6. The van der Waals surface area contributed by atoms with Crippen LogP contribution in [0.25, 0.3) is 0 Å². The second kappa shape index (κ2) is 6.97. The molecule has 8 heteroatoms. The molecule has 2 fully saturated rings. The molecule has 0 spiro atoms. The predicted octanol–water partition coefficient (Wildman–Crippen LogP) is 0.774. The first-order valence-corrected chi connectivity index (χ1v) is 8.09. The average Bonchev–Trinajstić information content (AvgIpc) is 2.53. The minimum absolute atomic E-state index is 0.221. The lowest BCUT2D eigenvalue weighted by molar-refractivity contribution is -0.128. The topological polar surface area (TPSA) is 89.5 Å². The Morgan fingerprint density at radius 2 is 1.65 bits per heavy atom. The van der Waals surface area contributed by atoms with Gasteiger partial charge in [-0.15, -0.1) is 4.98 Å². The Hall–Kier alpha value is -2.12. The molecule has 3 rings (SSSR count). The van der Waals surface area contributed by atoms with E-state index in [-0.39, 0.29) is 29.9 Å². The molecule has 23 heavy (non-hydrogen) atoms. The van der Waals surface area contributed by atoms with Gasteiger partial charge in [0.1, 0.15) is 0 Å². The van der Waals surface area contributed by atoms with Crippen LogP contribution in [-0.2, 0) is 4.79 Å². The number of carbonyl (C=O) groups is 1. The molecule has 1 aliphatic heterocycles. The van der Waals surface area contributed by atoms with Crippen LogP contribution in [0.3, 0.4) is 0 Å². The zero-order valence-electron chi connectivity index (χ0n) is 13.6.